The number of benzene rings is 1. The second kappa shape index (κ2) is 9.36. The van der Waals surface area contributed by atoms with Crippen molar-refractivity contribution < 1.29 is 4.79 Å². The summed E-state index contributed by atoms with van der Waals surface area (Å²) in [4.78, 5) is 20.6. The molecule has 2 fully saturated rings. The van der Waals surface area contributed by atoms with Crippen LogP contribution < -0.4 is 0 Å². The van der Waals surface area contributed by atoms with E-state index >= 15 is 0 Å². The number of carbonyl (C=O) groups is 1. The highest BCUT2D eigenvalue weighted by atomic mass is 16.2. The van der Waals surface area contributed by atoms with Crippen LogP contribution in [0.1, 0.15) is 59.4 Å². The fraction of sp³-hybridized carbons (Fsp3) is 0.615. The average molecular weight is 436 g/mol. The molecule has 0 N–H and O–H groups in total. The Morgan fingerprint density at radius 2 is 1.66 bits per heavy atom. The fourth-order valence-electron chi connectivity index (χ4n) is 6.10. The van der Waals surface area contributed by atoms with Gasteiger partial charge in [0.25, 0.3) is 5.91 Å². The molecule has 1 aromatic heterocycles. The third-order valence-electron chi connectivity index (χ3n) is 7.95. The van der Waals surface area contributed by atoms with Gasteiger partial charge in [-0.15, -0.1) is 0 Å². The lowest BCUT2D eigenvalue weighted by Gasteiger charge is -2.42. The van der Waals surface area contributed by atoms with E-state index < -0.39 is 0 Å². The lowest BCUT2D eigenvalue weighted by Crippen LogP contribution is -2.53. The van der Waals surface area contributed by atoms with Gasteiger partial charge in [0.05, 0.1) is 0 Å². The first-order valence-electron chi connectivity index (χ1n) is 12.4. The normalized spacial score (nSPS) is 22.8. The summed E-state index contributed by atoms with van der Waals surface area (Å²) in [6, 6.07) is 11.5. The van der Waals surface area contributed by atoms with Crippen molar-refractivity contribution in [2.75, 3.05) is 33.2 Å². The SMILES string of the molecule is CN(Cc1ccccc1)C(=O)c1nn(C)c2c1CC(N1CCN(C3CCCC3)CC1)CC2. The summed E-state index contributed by atoms with van der Waals surface area (Å²) < 4.78 is 1.95. The quantitative estimate of drug-likeness (QED) is 0.724. The minimum atomic E-state index is 0.0393. The summed E-state index contributed by atoms with van der Waals surface area (Å²) in [6.45, 7) is 5.33. The van der Waals surface area contributed by atoms with Gasteiger partial charge in [0, 0.05) is 70.2 Å². The van der Waals surface area contributed by atoms with Gasteiger partial charge in [0.15, 0.2) is 5.69 Å². The molecular formula is C26H37N5O. The minimum absolute atomic E-state index is 0.0393. The Hall–Kier alpha value is -2.18. The van der Waals surface area contributed by atoms with Crippen molar-refractivity contribution in [2.24, 2.45) is 7.05 Å². The van der Waals surface area contributed by atoms with Gasteiger partial charge in [0.2, 0.25) is 0 Å². The summed E-state index contributed by atoms with van der Waals surface area (Å²) in [6.07, 6.45) is 8.74. The third kappa shape index (κ3) is 4.35. The van der Waals surface area contributed by atoms with Crippen LogP contribution in [0.15, 0.2) is 30.3 Å². The molecule has 3 aliphatic rings. The van der Waals surface area contributed by atoms with Crippen molar-refractivity contribution in [3.8, 4) is 0 Å². The van der Waals surface area contributed by atoms with Gasteiger partial charge in [-0.2, -0.15) is 5.10 Å². The number of aryl methyl sites for hydroxylation is 1. The molecule has 32 heavy (non-hydrogen) atoms. The first kappa shape index (κ1) is 21.7. The first-order valence-corrected chi connectivity index (χ1v) is 12.4. The van der Waals surface area contributed by atoms with Crippen LogP contribution in [-0.4, -0.2) is 75.7 Å². The Bertz CT molecular complexity index is 925. The summed E-state index contributed by atoms with van der Waals surface area (Å²) in [7, 11) is 3.88. The van der Waals surface area contributed by atoms with Crippen LogP contribution in [0.3, 0.4) is 0 Å². The maximum absolute atomic E-state index is 13.3. The Morgan fingerprint density at radius 3 is 2.34 bits per heavy atom. The van der Waals surface area contributed by atoms with Crippen molar-refractivity contribution in [3.63, 3.8) is 0 Å². The molecule has 6 heteroatoms. The summed E-state index contributed by atoms with van der Waals surface area (Å²) in [5.41, 5.74) is 4.25. The molecule has 172 valence electrons. The number of rotatable bonds is 5. The first-order chi connectivity index (χ1) is 15.6. The number of nitrogens with zero attached hydrogens (tertiary/aromatic N) is 5. The fourth-order valence-corrected chi connectivity index (χ4v) is 6.10. The number of fused-ring (bicyclic) bond motifs is 1. The molecule has 1 unspecified atom stereocenters. The van der Waals surface area contributed by atoms with Crippen LogP contribution in [0.4, 0.5) is 0 Å². The molecule has 1 aliphatic heterocycles. The van der Waals surface area contributed by atoms with Gasteiger partial charge in [-0.3, -0.25) is 19.3 Å². The molecule has 5 rings (SSSR count). The molecule has 2 aromatic rings. The van der Waals surface area contributed by atoms with Crippen LogP contribution in [0.25, 0.3) is 0 Å². The molecule has 1 aromatic carbocycles. The van der Waals surface area contributed by atoms with Gasteiger partial charge in [-0.25, -0.2) is 0 Å². The van der Waals surface area contributed by atoms with E-state index in [1.165, 1.54) is 56.5 Å². The van der Waals surface area contributed by atoms with E-state index in [-0.39, 0.29) is 5.91 Å². The van der Waals surface area contributed by atoms with E-state index in [2.05, 4.69) is 21.9 Å². The maximum Gasteiger partial charge on any atom is 0.274 e. The lowest BCUT2D eigenvalue weighted by atomic mass is 9.89. The minimum Gasteiger partial charge on any atom is -0.336 e. The Labute approximate surface area is 192 Å². The smallest absolute Gasteiger partial charge is 0.274 e. The summed E-state index contributed by atoms with van der Waals surface area (Å²) >= 11 is 0. The lowest BCUT2D eigenvalue weighted by molar-refractivity contribution is 0.0651. The second-order valence-electron chi connectivity index (χ2n) is 9.95. The molecule has 2 heterocycles. The predicted octanol–water partition coefficient (Wildman–Crippen LogP) is 3.11. The van der Waals surface area contributed by atoms with Gasteiger partial charge >= 0.3 is 0 Å². The molecule has 1 atom stereocenters. The van der Waals surface area contributed by atoms with E-state index in [4.69, 9.17) is 5.10 Å². The molecule has 0 bridgehead atoms. The monoisotopic (exact) mass is 435 g/mol. The zero-order chi connectivity index (χ0) is 22.1. The number of hydrogen-bond acceptors (Lipinski definition) is 4. The number of hydrogen-bond donors (Lipinski definition) is 0. The molecule has 0 radical (unpaired) electrons. The maximum atomic E-state index is 13.3. The average Bonchev–Trinajstić information content (AvgIpc) is 3.48. The van der Waals surface area contributed by atoms with E-state index in [1.807, 2.05) is 41.9 Å². The van der Waals surface area contributed by atoms with E-state index in [0.29, 0.717) is 18.3 Å². The molecule has 2 aliphatic carbocycles. The number of carbonyl (C=O) groups excluding carboxylic acids is 1. The highest BCUT2D eigenvalue weighted by Crippen LogP contribution is 2.30. The third-order valence-corrected chi connectivity index (χ3v) is 7.95. The van der Waals surface area contributed by atoms with Crippen LogP contribution in [0, 0.1) is 0 Å². The van der Waals surface area contributed by atoms with Crippen molar-refractivity contribution in [2.45, 2.75) is 63.6 Å². The standard InChI is InChI=1S/C26H37N5O/c1-28(19-20-8-4-3-5-9-20)26(32)25-23-18-22(12-13-24(23)29(2)27-25)31-16-14-30(15-17-31)21-10-6-7-11-21/h3-5,8-9,21-22H,6-7,10-19H2,1-2H3. The number of piperazine rings is 1. The Kier molecular flexibility index (Phi) is 6.33. The van der Waals surface area contributed by atoms with Crippen molar-refractivity contribution in [1.29, 1.82) is 0 Å². The zero-order valence-corrected chi connectivity index (χ0v) is 19.7. The number of amides is 1. The second-order valence-corrected chi connectivity index (χ2v) is 9.95. The van der Waals surface area contributed by atoms with Crippen LogP contribution in [-0.2, 0) is 26.4 Å². The highest BCUT2D eigenvalue weighted by Gasteiger charge is 2.34. The molecule has 1 saturated heterocycles. The summed E-state index contributed by atoms with van der Waals surface area (Å²) in [5, 5.41) is 4.70. The van der Waals surface area contributed by atoms with Crippen LogP contribution in [0.2, 0.25) is 0 Å². The molecule has 1 saturated carbocycles. The van der Waals surface area contributed by atoms with Crippen molar-refractivity contribution in [1.82, 2.24) is 24.5 Å². The van der Waals surface area contributed by atoms with E-state index in [1.54, 1.807) is 0 Å². The molecule has 0 spiro atoms. The molecular weight excluding hydrogens is 398 g/mol. The predicted molar refractivity (Wildman–Crippen MR) is 127 cm³/mol. The summed E-state index contributed by atoms with van der Waals surface area (Å²) in [5.74, 6) is 0.0393. The Morgan fingerprint density at radius 1 is 1.00 bits per heavy atom. The van der Waals surface area contributed by atoms with E-state index in [0.717, 1.165) is 37.5 Å². The highest BCUT2D eigenvalue weighted by molar-refractivity contribution is 5.94. The van der Waals surface area contributed by atoms with Crippen LogP contribution in [0.5, 0.6) is 0 Å². The molecule has 1 amide bonds. The topological polar surface area (TPSA) is 44.6 Å². The van der Waals surface area contributed by atoms with Crippen molar-refractivity contribution in [3.05, 3.63) is 52.8 Å². The molecule has 6 nitrogen and oxygen atoms in total. The van der Waals surface area contributed by atoms with Gasteiger partial charge in [0.1, 0.15) is 0 Å². The Balaban J connectivity index is 1.25. The van der Waals surface area contributed by atoms with Gasteiger partial charge in [-0.05, 0) is 37.7 Å². The van der Waals surface area contributed by atoms with E-state index in [9.17, 15) is 4.79 Å². The van der Waals surface area contributed by atoms with Gasteiger partial charge in [-0.1, -0.05) is 43.2 Å². The van der Waals surface area contributed by atoms with Crippen molar-refractivity contribution >= 4 is 5.91 Å². The number of aromatic nitrogens is 2. The largest absolute Gasteiger partial charge is 0.336 e. The van der Waals surface area contributed by atoms with Crippen LogP contribution >= 0.6 is 0 Å². The van der Waals surface area contributed by atoms with Gasteiger partial charge < -0.3 is 4.90 Å². The zero-order valence-electron chi connectivity index (χ0n) is 19.7.